The van der Waals surface area contributed by atoms with Crippen LogP contribution in [0, 0.1) is 5.92 Å². The molecule has 2 heterocycles. The number of para-hydroxylation sites is 1. The summed E-state index contributed by atoms with van der Waals surface area (Å²) in [6, 6.07) is 6.70. The second kappa shape index (κ2) is 10.0. The molecule has 3 amide bonds. The van der Waals surface area contributed by atoms with Crippen molar-refractivity contribution < 1.29 is 19.1 Å². The van der Waals surface area contributed by atoms with Crippen LogP contribution in [0.1, 0.15) is 47.5 Å². The Kier molecular flexibility index (Phi) is 7.17. The number of hydrogen-bond donors (Lipinski definition) is 2. The van der Waals surface area contributed by atoms with E-state index >= 15 is 0 Å². The van der Waals surface area contributed by atoms with Crippen molar-refractivity contribution in [2.45, 2.75) is 32.7 Å². The first kappa shape index (κ1) is 22.2. The molecule has 0 aliphatic carbocycles. The number of carbonyl (C=O) groups excluding carboxylic acids is 3. The number of carbonyl (C=O) groups is 3. The standard InChI is InChI=1S/C22H27N5O4/c1-14(2)22(30)27-12-8-15(9-13-27)25-21(29)18-19(24-11-10-23-18)26-20(28)16-6-4-5-7-17(16)31-3/h4-7,10-11,14-15H,8-9,12-13H2,1-3H3,(H,25,29)(H,24,26,28). The molecule has 2 aromatic rings. The fourth-order valence-electron chi connectivity index (χ4n) is 3.47. The van der Waals surface area contributed by atoms with Gasteiger partial charge >= 0.3 is 0 Å². The highest BCUT2D eigenvalue weighted by Gasteiger charge is 2.27. The average Bonchev–Trinajstić information content (AvgIpc) is 2.79. The molecule has 0 saturated carbocycles. The van der Waals surface area contributed by atoms with E-state index in [1.54, 1.807) is 24.3 Å². The number of methoxy groups -OCH3 is 1. The van der Waals surface area contributed by atoms with Crippen molar-refractivity contribution >= 4 is 23.5 Å². The number of ether oxygens (including phenoxy) is 1. The molecular weight excluding hydrogens is 398 g/mol. The number of amides is 3. The summed E-state index contributed by atoms with van der Waals surface area (Å²) in [7, 11) is 1.48. The summed E-state index contributed by atoms with van der Waals surface area (Å²) in [5.74, 6) is -0.300. The van der Waals surface area contributed by atoms with Crippen LogP contribution >= 0.6 is 0 Å². The zero-order valence-corrected chi connectivity index (χ0v) is 17.9. The fourth-order valence-corrected chi connectivity index (χ4v) is 3.47. The third-order valence-corrected chi connectivity index (χ3v) is 5.13. The number of hydrogen-bond acceptors (Lipinski definition) is 6. The number of nitrogens with zero attached hydrogens (tertiary/aromatic N) is 3. The Labute approximate surface area is 181 Å². The number of piperidine rings is 1. The molecule has 1 saturated heterocycles. The minimum atomic E-state index is -0.451. The Hall–Kier alpha value is -3.49. The molecule has 164 valence electrons. The zero-order valence-electron chi connectivity index (χ0n) is 17.9. The van der Waals surface area contributed by atoms with Gasteiger partial charge in [0.15, 0.2) is 11.5 Å². The van der Waals surface area contributed by atoms with Crippen LogP contribution in [0.4, 0.5) is 5.82 Å². The quantitative estimate of drug-likeness (QED) is 0.733. The smallest absolute Gasteiger partial charge is 0.273 e. The maximum atomic E-state index is 12.8. The molecule has 0 spiro atoms. The number of aromatic nitrogens is 2. The van der Waals surface area contributed by atoms with Crippen molar-refractivity contribution in [1.82, 2.24) is 20.2 Å². The molecule has 0 unspecified atom stereocenters. The highest BCUT2D eigenvalue weighted by atomic mass is 16.5. The van der Waals surface area contributed by atoms with Crippen LogP contribution in [0.3, 0.4) is 0 Å². The predicted molar refractivity (Wildman–Crippen MR) is 115 cm³/mol. The van der Waals surface area contributed by atoms with Crippen LogP contribution in [0.5, 0.6) is 5.75 Å². The largest absolute Gasteiger partial charge is 0.496 e. The van der Waals surface area contributed by atoms with Crippen molar-refractivity contribution in [3.05, 3.63) is 47.9 Å². The number of anilines is 1. The summed E-state index contributed by atoms with van der Waals surface area (Å²) in [5, 5.41) is 5.59. The highest BCUT2D eigenvalue weighted by Crippen LogP contribution is 2.20. The Morgan fingerprint density at radius 3 is 2.42 bits per heavy atom. The Morgan fingerprint density at radius 2 is 1.74 bits per heavy atom. The molecule has 9 heteroatoms. The van der Waals surface area contributed by atoms with Crippen LogP contribution < -0.4 is 15.4 Å². The van der Waals surface area contributed by atoms with Gasteiger partial charge in [-0.15, -0.1) is 0 Å². The van der Waals surface area contributed by atoms with Crippen molar-refractivity contribution in [1.29, 1.82) is 0 Å². The summed E-state index contributed by atoms with van der Waals surface area (Å²) in [4.78, 5) is 47.7. The molecule has 31 heavy (non-hydrogen) atoms. The van der Waals surface area contributed by atoms with Gasteiger partial charge in [-0.3, -0.25) is 14.4 Å². The summed E-state index contributed by atoms with van der Waals surface area (Å²) in [6.45, 7) is 4.95. The summed E-state index contributed by atoms with van der Waals surface area (Å²) < 4.78 is 5.22. The van der Waals surface area contributed by atoms with Gasteiger partial charge in [0, 0.05) is 37.4 Å². The van der Waals surface area contributed by atoms with Gasteiger partial charge in [-0.2, -0.15) is 0 Å². The fraction of sp³-hybridized carbons (Fsp3) is 0.409. The minimum Gasteiger partial charge on any atom is -0.496 e. The maximum absolute atomic E-state index is 12.8. The molecule has 1 aromatic heterocycles. The summed E-state index contributed by atoms with van der Waals surface area (Å²) >= 11 is 0. The molecule has 0 atom stereocenters. The molecular formula is C22H27N5O4. The number of benzene rings is 1. The minimum absolute atomic E-state index is 0.0337. The molecule has 0 bridgehead atoms. The number of likely N-dealkylation sites (tertiary alicyclic amines) is 1. The Bertz CT molecular complexity index is 954. The van der Waals surface area contributed by atoms with Gasteiger partial charge in [-0.25, -0.2) is 9.97 Å². The van der Waals surface area contributed by atoms with Gasteiger partial charge in [0.05, 0.1) is 12.7 Å². The first-order chi connectivity index (χ1) is 14.9. The van der Waals surface area contributed by atoms with E-state index < -0.39 is 11.8 Å². The van der Waals surface area contributed by atoms with Crippen molar-refractivity contribution in [3.8, 4) is 5.75 Å². The lowest BCUT2D eigenvalue weighted by atomic mass is 10.0. The third-order valence-electron chi connectivity index (χ3n) is 5.13. The van der Waals surface area contributed by atoms with E-state index in [2.05, 4.69) is 20.6 Å². The monoisotopic (exact) mass is 425 g/mol. The van der Waals surface area contributed by atoms with Crippen LogP contribution in [0.25, 0.3) is 0 Å². The van der Waals surface area contributed by atoms with Gasteiger partial charge < -0.3 is 20.3 Å². The molecule has 1 aromatic carbocycles. The third kappa shape index (κ3) is 5.36. The first-order valence-corrected chi connectivity index (χ1v) is 10.3. The summed E-state index contributed by atoms with van der Waals surface area (Å²) in [5.41, 5.74) is 0.357. The highest BCUT2D eigenvalue weighted by molar-refractivity contribution is 6.08. The van der Waals surface area contributed by atoms with Crippen LogP contribution in [0.15, 0.2) is 36.7 Å². The van der Waals surface area contributed by atoms with E-state index in [-0.39, 0.29) is 29.4 Å². The lowest BCUT2D eigenvalue weighted by molar-refractivity contribution is -0.135. The number of nitrogens with one attached hydrogen (secondary N) is 2. The van der Waals surface area contributed by atoms with Crippen molar-refractivity contribution in [3.63, 3.8) is 0 Å². The molecule has 1 aliphatic rings. The van der Waals surface area contributed by atoms with Crippen molar-refractivity contribution in [2.24, 2.45) is 5.92 Å². The molecule has 1 fully saturated rings. The lowest BCUT2D eigenvalue weighted by Crippen LogP contribution is -2.47. The second-order valence-corrected chi connectivity index (χ2v) is 7.64. The van der Waals surface area contributed by atoms with E-state index in [9.17, 15) is 14.4 Å². The van der Waals surface area contributed by atoms with E-state index in [1.807, 2.05) is 18.7 Å². The predicted octanol–water partition coefficient (Wildman–Crippen LogP) is 2.11. The van der Waals surface area contributed by atoms with Crippen LogP contribution in [0.2, 0.25) is 0 Å². The zero-order chi connectivity index (χ0) is 22.4. The average molecular weight is 425 g/mol. The molecule has 2 N–H and O–H groups in total. The Morgan fingerprint density at radius 1 is 1.06 bits per heavy atom. The molecule has 1 aliphatic heterocycles. The second-order valence-electron chi connectivity index (χ2n) is 7.64. The van der Waals surface area contributed by atoms with Crippen LogP contribution in [-0.4, -0.2) is 58.8 Å². The van der Waals surface area contributed by atoms with Gasteiger partial charge in [0.25, 0.3) is 11.8 Å². The molecule has 0 radical (unpaired) electrons. The van der Waals surface area contributed by atoms with Gasteiger partial charge in [-0.1, -0.05) is 26.0 Å². The molecule has 3 rings (SSSR count). The van der Waals surface area contributed by atoms with E-state index in [0.29, 0.717) is 37.2 Å². The topological polar surface area (TPSA) is 114 Å². The SMILES string of the molecule is COc1ccccc1C(=O)Nc1nccnc1C(=O)NC1CCN(C(=O)C(C)C)CC1. The maximum Gasteiger partial charge on any atom is 0.273 e. The Balaban J connectivity index is 1.66. The van der Waals surface area contributed by atoms with Gasteiger partial charge in [-0.05, 0) is 25.0 Å². The van der Waals surface area contributed by atoms with Gasteiger partial charge in [0.1, 0.15) is 5.75 Å². The van der Waals surface area contributed by atoms with E-state index in [0.717, 1.165) is 0 Å². The van der Waals surface area contributed by atoms with Crippen LogP contribution in [-0.2, 0) is 4.79 Å². The van der Waals surface area contributed by atoms with E-state index in [1.165, 1.54) is 19.5 Å². The normalized spacial score (nSPS) is 14.3. The lowest BCUT2D eigenvalue weighted by Gasteiger charge is -2.33. The van der Waals surface area contributed by atoms with Gasteiger partial charge in [0.2, 0.25) is 5.91 Å². The molecule has 9 nitrogen and oxygen atoms in total. The van der Waals surface area contributed by atoms with E-state index in [4.69, 9.17) is 4.74 Å². The first-order valence-electron chi connectivity index (χ1n) is 10.3. The van der Waals surface area contributed by atoms with Crippen molar-refractivity contribution in [2.75, 3.05) is 25.5 Å². The number of rotatable bonds is 6. The summed E-state index contributed by atoms with van der Waals surface area (Å²) in [6.07, 6.45) is 4.13.